The van der Waals surface area contributed by atoms with Crippen LogP contribution in [0.1, 0.15) is 19.8 Å². The topological polar surface area (TPSA) is 27.7 Å². The first-order valence-electron chi connectivity index (χ1n) is 7.73. The van der Waals surface area contributed by atoms with Crippen LogP contribution in [-0.4, -0.2) is 65.7 Å². The van der Waals surface area contributed by atoms with E-state index in [1.165, 1.54) is 6.92 Å². The van der Waals surface area contributed by atoms with Gasteiger partial charge in [0.2, 0.25) is 0 Å². The lowest BCUT2D eigenvalue weighted by Gasteiger charge is -2.38. The molecule has 176 valence electrons. The molecular weight excluding hydrogens is 460 g/mol. The number of hydrogen-bond acceptors (Lipinski definition) is 3. The van der Waals surface area contributed by atoms with Crippen molar-refractivity contribution in [2.75, 3.05) is 20.8 Å². The van der Waals surface area contributed by atoms with Crippen molar-refractivity contribution in [3.05, 3.63) is 0 Å². The Kier molecular flexibility index (Phi) is 8.94. The van der Waals surface area contributed by atoms with Crippen molar-refractivity contribution in [1.82, 2.24) is 0 Å². The van der Waals surface area contributed by atoms with Crippen LogP contribution in [0.4, 0.5) is 52.7 Å². The van der Waals surface area contributed by atoms with E-state index >= 15 is 0 Å². The van der Waals surface area contributed by atoms with Crippen molar-refractivity contribution in [2.24, 2.45) is 0 Å². The molecule has 29 heavy (non-hydrogen) atoms. The van der Waals surface area contributed by atoms with Crippen molar-refractivity contribution in [3.63, 3.8) is 0 Å². The minimum atomic E-state index is -7.20. The Bertz CT molecular complexity index is 522. The van der Waals surface area contributed by atoms with Gasteiger partial charge in [0.1, 0.15) is 6.61 Å². The van der Waals surface area contributed by atoms with Gasteiger partial charge in [-0.3, -0.25) is 0 Å². The molecule has 0 saturated heterocycles. The average molecular weight is 478 g/mol. The molecule has 0 spiro atoms. The highest BCUT2D eigenvalue weighted by Gasteiger charge is 2.82. The molecule has 0 aromatic rings. The van der Waals surface area contributed by atoms with Crippen LogP contribution < -0.4 is 0 Å². The number of rotatable bonds is 12. The van der Waals surface area contributed by atoms with Crippen LogP contribution in [0, 0.1) is 0 Å². The summed E-state index contributed by atoms with van der Waals surface area (Å²) >= 11 is 0. The lowest BCUT2D eigenvalue weighted by molar-refractivity contribution is -0.381. The van der Waals surface area contributed by atoms with Gasteiger partial charge in [0.05, 0.1) is 6.42 Å². The normalized spacial score (nSPS) is 16.2. The zero-order valence-electron chi connectivity index (χ0n) is 15.2. The summed E-state index contributed by atoms with van der Waals surface area (Å²) in [6.07, 6.45) is -13.8. The highest BCUT2D eigenvalue weighted by molar-refractivity contribution is 6.60. The van der Waals surface area contributed by atoms with Crippen LogP contribution >= 0.6 is 0 Å². The lowest BCUT2D eigenvalue weighted by atomic mass is 9.94. The van der Waals surface area contributed by atoms with Gasteiger partial charge >= 0.3 is 38.7 Å². The standard InChI is InChI=1S/C13H18F12O3Si/c1-4-5-29(26-2,27-3)28-7-9(15,16)12(22,23)13(24,25)11(20,21)8(14)6-10(17,18)19/h8H,4-7H2,1-3H3/t8-/m0/s1. The van der Waals surface area contributed by atoms with E-state index in [0.29, 0.717) is 0 Å². The molecule has 0 bridgehead atoms. The minimum Gasteiger partial charge on any atom is -0.377 e. The molecule has 0 aromatic heterocycles. The molecule has 0 heterocycles. The smallest absolute Gasteiger partial charge is 0.377 e. The van der Waals surface area contributed by atoms with Crippen molar-refractivity contribution in [3.8, 4) is 0 Å². The molecule has 0 aromatic carbocycles. The second kappa shape index (κ2) is 9.17. The van der Waals surface area contributed by atoms with Gasteiger partial charge in [-0.2, -0.15) is 48.3 Å². The highest BCUT2D eigenvalue weighted by Crippen LogP contribution is 2.55. The Balaban J connectivity index is 5.79. The minimum absolute atomic E-state index is 0.144. The predicted octanol–water partition coefficient (Wildman–Crippen LogP) is 5.48. The van der Waals surface area contributed by atoms with Crippen LogP contribution in [0.5, 0.6) is 0 Å². The van der Waals surface area contributed by atoms with E-state index in [0.717, 1.165) is 14.2 Å². The quantitative estimate of drug-likeness (QED) is 0.275. The molecule has 16 heteroatoms. The molecule has 0 unspecified atom stereocenters. The fourth-order valence-corrected chi connectivity index (χ4v) is 4.01. The maximum absolute atomic E-state index is 13.8. The first-order valence-corrected chi connectivity index (χ1v) is 9.66. The van der Waals surface area contributed by atoms with Crippen LogP contribution in [0.25, 0.3) is 0 Å². The molecular formula is C13H18F12O3Si. The van der Waals surface area contributed by atoms with Gasteiger partial charge in [0.15, 0.2) is 6.17 Å². The van der Waals surface area contributed by atoms with E-state index in [1.807, 2.05) is 0 Å². The fourth-order valence-electron chi connectivity index (χ4n) is 2.04. The zero-order chi connectivity index (χ0) is 23.5. The summed E-state index contributed by atoms with van der Waals surface area (Å²) in [6, 6.07) is -0.244. The Morgan fingerprint density at radius 1 is 0.793 bits per heavy atom. The second-order valence-corrected chi connectivity index (χ2v) is 8.86. The maximum atomic E-state index is 13.8. The van der Waals surface area contributed by atoms with Crippen LogP contribution in [0.3, 0.4) is 0 Å². The van der Waals surface area contributed by atoms with Crippen LogP contribution in [0.2, 0.25) is 6.04 Å². The van der Waals surface area contributed by atoms with Crippen molar-refractivity contribution >= 4 is 8.80 Å². The average Bonchev–Trinajstić information content (AvgIpc) is 2.56. The van der Waals surface area contributed by atoms with Crippen LogP contribution in [0.15, 0.2) is 0 Å². The Morgan fingerprint density at radius 3 is 1.59 bits per heavy atom. The molecule has 0 radical (unpaired) electrons. The van der Waals surface area contributed by atoms with E-state index in [9.17, 15) is 52.7 Å². The molecule has 0 N–H and O–H groups in total. The second-order valence-electron chi connectivity index (χ2n) is 5.89. The molecule has 0 fully saturated rings. The Labute approximate surface area is 158 Å². The summed E-state index contributed by atoms with van der Waals surface area (Å²) < 4.78 is 171. The van der Waals surface area contributed by atoms with Crippen LogP contribution in [-0.2, 0) is 13.3 Å². The molecule has 3 nitrogen and oxygen atoms in total. The molecule has 0 aliphatic rings. The SMILES string of the molecule is CCC[Si](OC)(OC)OCC(F)(F)C(F)(F)C(F)(F)C(F)(F)[C@@H](F)CC(F)(F)F. The largest absolute Gasteiger partial charge is 0.500 e. The van der Waals surface area contributed by atoms with Crippen molar-refractivity contribution in [1.29, 1.82) is 0 Å². The van der Waals surface area contributed by atoms with Gasteiger partial charge in [-0.05, 0) is 0 Å². The van der Waals surface area contributed by atoms with E-state index < -0.39 is 57.9 Å². The number of alkyl halides is 12. The molecule has 1 atom stereocenters. The molecule has 0 aliphatic carbocycles. The van der Waals surface area contributed by atoms with Gasteiger partial charge in [0, 0.05) is 20.3 Å². The zero-order valence-corrected chi connectivity index (χ0v) is 16.2. The molecule has 0 aliphatic heterocycles. The monoisotopic (exact) mass is 478 g/mol. The number of hydrogen-bond donors (Lipinski definition) is 0. The number of halogens is 12. The molecule has 0 amide bonds. The summed E-state index contributed by atoms with van der Waals surface area (Å²) in [5.74, 6) is -27.0. The Morgan fingerprint density at radius 2 is 1.24 bits per heavy atom. The fraction of sp³-hybridized carbons (Fsp3) is 1.00. The summed E-state index contributed by atoms with van der Waals surface area (Å²) in [5, 5.41) is 0. The summed E-state index contributed by atoms with van der Waals surface area (Å²) in [6.45, 7) is -1.14. The van der Waals surface area contributed by atoms with E-state index in [2.05, 4.69) is 13.3 Å². The third kappa shape index (κ3) is 5.91. The van der Waals surface area contributed by atoms with Crippen molar-refractivity contribution < 1.29 is 66.0 Å². The molecule has 0 saturated carbocycles. The highest BCUT2D eigenvalue weighted by atomic mass is 28.4. The van der Waals surface area contributed by atoms with E-state index in [1.54, 1.807) is 0 Å². The predicted molar refractivity (Wildman–Crippen MR) is 76.2 cm³/mol. The molecule has 0 rings (SSSR count). The third-order valence-corrected chi connectivity index (χ3v) is 6.67. The van der Waals surface area contributed by atoms with Gasteiger partial charge in [-0.25, -0.2) is 4.39 Å². The van der Waals surface area contributed by atoms with Gasteiger partial charge in [-0.15, -0.1) is 0 Å². The lowest BCUT2D eigenvalue weighted by Crippen LogP contribution is -2.66. The van der Waals surface area contributed by atoms with Gasteiger partial charge < -0.3 is 13.3 Å². The Hall–Kier alpha value is -0.743. The van der Waals surface area contributed by atoms with E-state index in [4.69, 9.17) is 0 Å². The third-order valence-electron chi connectivity index (χ3n) is 3.73. The first-order chi connectivity index (χ1) is 12.8. The summed E-state index contributed by atoms with van der Waals surface area (Å²) in [5.41, 5.74) is 0. The summed E-state index contributed by atoms with van der Waals surface area (Å²) in [7, 11) is -2.32. The van der Waals surface area contributed by atoms with Crippen molar-refractivity contribution in [2.45, 2.75) is 61.8 Å². The van der Waals surface area contributed by atoms with Gasteiger partial charge in [0.25, 0.3) is 0 Å². The van der Waals surface area contributed by atoms with Gasteiger partial charge in [-0.1, -0.05) is 13.3 Å². The maximum Gasteiger partial charge on any atom is 0.500 e. The first kappa shape index (κ1) is 28.3. The summed E-state index contributed by atoms with van der Waals surface area (Å²) in [4.78, 5) is 0. The van der Waals surface area contributed by atoms with E-state index in [-0.39, 0.29) is 12.5 Å².